The van der Waals surface area contributed by atoms with Crippen LogP contribution in [-0.2, 0) is 21.0 Å². The summed E-state index contributed by atoms with van der Waals surface area (Å²) in [4.78, 5) is 12.1. The van der Waals surface area contributed by atoms with Crippen LogP contribution >= 0.6 is 0 Å². The molecule has 10 heteroatoms. The van der Waals surface area contributed by atoms with Gasteiger partial charge in [0, 0.05) is 0 Å². The summed E-state index contributed by atoms with van der Waals surface area (Å²) in [6.07, 6.45) is -1.11. The minimum atomic E-state index is -4.66. The largest absolute Gasteiger partial charge is 0.487 e. The maximum Gasteiger partial charge on any atom is 0.419 e. The fraction of sp³-hybridized carbons (Fsp3) is 0.611. The second-order valence-corrected chi connectivity index (χ2v) is 9.20. The zero-order valence-corrected chi connectivity index (χ0v) is 16.0. The Labute approximate surface area is 160 Å². The summed E-state index contributed by atoms with van der Waals surface area (Å²) in [5.41, 5.74) is -1.90. The molecule has 28 heavy (non-hydrogen) atoms. The van der Waals surface area contributed by atoms with Gasteiger partial charge in [-0.3, -0.25) is 4.55 Å². The fourth-order valence-corrected chi connectivity index (χ4v) is 4.52. The highest BCUT2D eigenvalue weighted by atomic mass is 32.2. The van der Waals surface area contributed by atoms with Crippen molar-refractivity contribution in [2.45, 2.75) is 44.4 Å². The van der Waals surface area contributed by atoms with E-state index in [1.54, 1.807) is 6.92 Å². The smallest absolute Gasteiger partial charge is 0.419 e. The van der Waals surface area contributed by atoms with Gasteiger partial charge in [0.05, 0.1) is 11.1 Å². The number of carbonyl (C=O) groups excluding carboxylic acids is 1. The van der Waals surface area contributed by atoms with E-state index in [1.807, 2.05) is 0 Å². The van der Waals surface area contributed by atoms with Gasteiger partial charge in [-0.05, 0) is 62.6 Å². The fourth-order valence-electron chi connectivity index (χ4n) is 4.22. The number of alkyl halides is 3. The third kappa shape index (κ3) is 4.60. The Morgan fingerprint density at radius 3 is 2.57 bits per heavy atom. The number of esters is 1. The highest BCUT2D eigenvalue weighted by Gasteiger charge is 2.50. The van der Waals surface area contributed by atoms with Gasteiger partial charge >= 0.3 is 12.1 Å². The van der Waals surface area contributed by atoms with Crippen LogP contribution in [0.15, 0.2) is 18.2 Å². The van der Waals surface area contributed by atoms with Crippen LogP contribution in [0.4, 0.5) is 13.2 Å². The van der Waals surface area contributed by atoms with E-state index >= 15 is 0 Å². The molecule has 1 aromatic rings. The molecule has 3 atom stereocenters. The molecular weight excluding hydrogens is 401 g/mol. The normalized spacial score (nSPS) is 27.0. The van der Waals surface area contributed by atoms with Crippen LogP contribution in [0.1, 0.15) is 48.5 Å². The maximum absolute atomic E-state index is 13.4. The standard InChI is InChI=1S/C18H21F3O6S/c1-17(10-11-2-4-13(17)8-11)27-15-9-12(3-5-14(15)18(19,20)21)16(22)26-6-7-28(23,24)25/h3,5,9,11,13H,2,4,6-8,10H2,1H3,(H,23,24,25). The summed E-state index contributed by atoms with van der Waals surface area (Å²) in [6.45, 7) is 1.18. The van der Waals surface area contributed by atoms with Crippen molar-refractivity contribution in [1.82, 2.24) is 0 Å². The van der Waals surface area contributed by atoms with Crippen LogP contribution in [0.5, 0.6) is 5.75 Å². The van der Waals surface area contributed by atoms with E-state index in [0.717, 1.165) is 37.5 Å². The summed E-state index contributed by atoms with van der Waals surface area (Å²) < 4.78 is 80.8. The molecule has 2 aliphatic carbocycles. The van der Waals surface area contributed by atoms with E-state index in [0.29, 0.717) is 12.3 Å². The molecular formula is C18H21F3O6S. The maximum atomic E-state index is 13.4. The van der Waals surface area contributed by atoms with Gasteiger partial charge in [0.2, 0.25) is 0 Å². The number of hydrogen-bond acceptors (Lipinski definition) is 5. The summed E-state index contributed by atoms with van der Waals surface area (Å²) in [6, 6.07) is 2.69. The number of fused-ring (bicyclic) bond motifs is 2. The van der Waals surface area contributed by atoms with Gasteiger partial charge in [-0.2, -0.15) is 21.6 Å². The lowest BCUT2D eigenvalue weighted by Gasteiger charge is -2.35. The van der Waals surface area contributed by atoms with Gasteiger partial charge < -0.3 is 9.47 Å². The van der Waals surface area contributed by atoms with Gasteiger partial charge in [-0.15, -0.1) is 0 Å². The molecule has 0 heterocycles. The summed E-state index contributed by atoms with van der Waals surface area (Å²) in [5.74, 6) is -1.63. The second kappa shape index (κ2) is 7.22. The Kier molecular flexibility index (Phi) is 5.39. The Bertz CT molecular complexity index is 867. The van der Waals surface area contributed by atoms with Crippen molar-refractivity contribution in [3.8, 4) is 5.75 Å². The number of carbonyl (C=O) groups is 1. The van der Waals surface area contributed by atoms with E-state index in [1.165, 1.54) is 0 Å². The van der Waals surface area contributed by atoms with E-state index in [-0.39, 0.29) is 11.5 Å². The van der Waals surface area contributed by atoms with Crippen molar-refractivity contribution in [2.75, 3.05) is 12.4 Å². The molecule has 1 aromatic carbocycles. The summed E-state index contributed by atoms with van der Waals surface area (Å²) in [7, 11) is -4.32. The zero-order valence-electron chi connectivity index (χ0n) is 15.2. The van der Waals surface area contributed by atoms with Crippen molar-refractivity contribution >= 4 is 16.1 Å². The zero-order chi connectivity index (χ0) is 20.7. The second-order valence-electron chi connectivity index (χ2n) is 7.63. The lowest BCUT2D eigenvalue weighted by Crippen LogP contribution is -2.38. The van der Waals surface area contributed by atoms with Crippen molar-refractivity contribution in [3.05, 3.63) is 29.3 Å². The molecule has 3 rings (SSSR count). The van der Waals surface area contributed by atoms with Crippen LogP contribution in [-0.4, -0.2) is 36.9 Å². The van der Waals surface area contributed by atoms with Gasteiger partial charge in [0.1, 0.15) is 23.7 Å². The minimum Gasteiger partial charge on any atom is -0.487 e. The highest BCUT2D eigenvalue weighted by Crippen LogP contribution is 2.53. The third-order valence-electron chi connectivity index (χ3n) is 5.54. The molecule has 2 saturated carbocycles. The van der Waals surface area contributed by atoms with E-state index in [4.69, 9.17) is 14.0 Å². The highest BCUT2D eigenvalue weighted by molar-refractivity contribution is 7.85. The average Bonchev–Trinajstić information content (AvgIpc) is 3.12. The first-order chi connectivity index (χ1) is 12.9. The summed E-state index contributed by atoms with van der Waals surface area (Å²) >= 11 is 0. The van der Waals surface area contributed by atoms with E-state index in [2.05, 4.69) is 0 Å². The Hall–Kier alpha value is -1.81. The minimum absolute atomic E-state index is 0.170. The van der Waals surface area contributed by atoms with Gasteiger partial charge in [0.25, 0.3) is 10.1 Å². The average molecular weight is 422 g/mol. The van der Waals surface area contributed by atoms with Crippen LogP contribution in [0.25, 0.3) is 0 Å². The number of hydrogen-bond donors (Lipinski definition) is 1. The van der Waals surface area contributed by atoms with Crippen molar-refractivity contribution in [2.24, 2.45) is 11.8 Å². The summed E-state index contributed by atoms with van der Waals surface area (Å²) in [5, 5.41) is 0. The first-order valence-electron chi connectivity index (χ1n) is 8.90. The molecule has 0 aliphatic heterocycles. The SMILES string of the molecule is CC1(Oc2cc(C(=O)OCCS(=O)(=O)O)ccc2C(F)(F)F)CC2CCC1C2. The molecule has 156 valence electrons. The van der Waals surface area contributed by atoms with Gasteiger partial charge in [-0.25, -0.2) is 4.79 Å². The van der Waals surface area contributed by atoms with Crippen LogP contribution in [0.2, 0.25) is 0 Å². The lowest BCUT2D eigenvalue weighted by molar-refractivity contribution is -0.140. The number of rotatable bonds is 6. The molecule has 6 nitrogen and oxygen atoms in total. The van der Waals surface area contributed by atoms with Crippen molar-refractivity contribution < 1.29 is 40.4 Å². The number of halogens is 3. The molecule has 1 N–H and O–H groups in total. The van der Waals surface area contributed by atoms with E-state index in [9.17, 15) is 26.4 Å². The quantitative estimate of drug-likeness (QED) is 0.555. The third-order valence-corrected chi connectivity index (χ3v) is 6.22. The molecule has 2 aliphatic rings. The first-order valence-corrected chi connectivity index (χ1v) is 10.5. The number of benzene rings is 1. The molecule has 0 aromatic heterocycles. The van der Waals surface area contributed by atoms with Crippen LogP contribution < -0.4 is 4.74 Å². The van der Waals surface area contributed by atoms with Crippen LogP contribution in [0, 0.1) is 11.8 Å². The topological polar surface area (TPSA) is 89.9 Å². The predicted molar refractivity (Wildman–Crippen MR) is 92.6 cm³/mol. The van der Waals surface area contributed by atoms with E-state index < -0.39 is 51.5 Å². The molecule has 0 amide bonds. The molecule has 0 saturated heterocycles. The molecule has 2 bridgehead atoms. The lowest BCUT2D eigenvalue weighted by atomic mass is 9.85. The van der Waals surface area contributed by atoms with Crippen molar-refractivity contribution in [3.63, 3.8) is 0 Å². The molecule has 0 spiro atoms. The molecule has 0 radical (unpaired) electrons. The van der Waals surface area contributed by atoms with Crippen LogP contribution in [0.3, 0.4) is 0 Å². The molecule has 2 fully saturated rings. The Morgan fingerprint density at radius 2 is 2.04 bits per heavy atom. The predicted octanol–water partition coefficient (Wildman–Crippen LogP) is 3.71. The van der Waals surface area contributed by atoms with Gasteiger partial charge in [0.15, 0.2) is 0 Å². The van der Waals surface area contributed by atoms with Gasteiger partial charge in [-0.1, -0.05) is 0 Å². The molecule has 3 unspecified atom stereocenters. The Morgan fingerprint density at radius 1 is 1.32 bits per heavy atom. The first kappa shape index (κ1) is 20.9. The monoisotopic (exact) mass is 422 g/mol. The van der Waals surface area contributed by atoms with Crippen molar-refractivity contribution in [1.29, 1.82) is 0 Å². The Balaban J connectivity index is 1.82. The number of ether oxygens (including phenoxy) is 2.